The van der Waals surface area contributed by atoms with E-state index in [2.05, 4.69) is 23.8 Å². The Kier molecular flexibility index (Phi) is 15.8. The first-order chi connectivity index (χ1) is 26.9. The summed E-state index contributed by atoms with van der Waals surface area (Å²) in [5, 5.41) is 0. The molecule has 4 aromatic carbocycles. The van der Waals surface area contributed by atoms with Crippen molar-refractivity contribution < 1.29 is 27.1 Å². The van der Waals surface area contributed by atoms with Crippen LogP contribution in [0.5, 0.6) is 5.75 Å². The van der Waals surface area contributed by atoms with Gasteiger partial charge in [-0.25, -0.2) is 27.5 Å². The van der Waals surface area contributed by atoms with Crippen LogP contribution in [0.15, 0.2) is 97.3 Å². The third-order valence-corrected chi connectivity index (χ3v) is 11.0. The van der Waals surface area contributed by atoms with Crippen molar-refractivity contribution in [3.63, 3.8) is 0 Å². The number of hydrogen-bond acceptors (Lipinski definition) is 4. The van der Waals surface area contributed by atoms with Gasteiger partial charge in [-0.1, -0.05) is 94.8 Å². The molecule has 0 unspecified atom stereocenters. The molecule has 0 amide bonds. The molecule has 0 aliphatic heterocycles. The van der Waals surface area contributed by atoms with E-state index in [0.717, 1.165) is 71.3 Å². The average Bonchev–Trinajstić information content (AvgIpc) is 3.20. The van der Waals surface area contributed by atoms with E-state index < -0.39 is 11.6 Å². The minimum Gasteiger partial charge on any atom is -0.427 e. The molecular formula is C48H54F4N2O2. The fourth-order valence-electron chi connectivity index (χ4n) is 7.37. The third kappa shape index (κ3) is 13.4. The molecule has 2 aliphatic carbocycles. The molecule has 0 N–H and O–H groups in total. The van der Waals surface area contributed by atoms with Crippen LogP contribution >= 0.6 is 0 Å². The first-order valence-corrected chi connectivity index (χ1v) is 20.0. The molecule has 2 aliphatic rings. The van der Waals surface area contributed by atoms with Gasteiger partial charge in [-0.2, -0.15) is 0 Å². The topological polar surface area (TPSA) is 52.1 Å². The number of nitrogens with zero attached hydrogens (tertiary/aromatic N) is 2. The molecule has 0 spiro atoms. The normalized spacial score (nSPS) is 19.1. The fraction of sp³-hybridized carbons (Fsp3) is 0.396. The van der Waals surface area contributed by atoms with Gasteiger partial charge in [-0.3, -0.25) is 4.79 Å². The highest BCUT2D eigenvalue weighted by Crippen LogP contribution is 2.32. The van der Waals surface area contributed by atoms with Gasteiger partial charge in [0.15, 0.2) is 17.5 Å². The van der Waals surface area contributed by atoms with Gasteiger partial charge >= 0.3 is 5.97 Å². The van der Waals surface area contributed by atoms with Gasteiger partial charge in [0.2, 0.25) is 0 Å². The van der Waals surface area contributed by atoms with Crippen LogP contribution in [0, 0.1) is 60.8 Å². The van der Waals surface area contributed by atoms with Crippen LogP contribution < -0.4 is 4.74 Å². The molecule has 0 atom stereocenters. The van der Waals surface area contributed by atoms with E-state index in [1.54, 1.807) is 37.5 Å². The molecule has 2 saturated carbocycles. The van der Waals surface area contributed by atoms with Crippen LogP contribution in [0.25, 0.3) is 22.5 Å². The summed E-state index contributed by atoms with van der Waals surface area (Å²) in [6, 6.07) is 23.1. The molecule has 4 nitrogen and oxygen atoms in total. The van der Waals surface area contributed by atoms with Crippen molar-refractivity contribution in [2.24, 2.45) is 23.7 Å². The Labute approximate surface area is 329 Å². The zero-order valence-corrected chi connectivity index (χ0v) is 33.0. The first-order valence-electron chi connectivity index (χ1n) is 20.0. The summed E-state index contributed by atoms with van der Waals surface area (Å²) in [7, 11) is 0. The van der Waals surface area contributed by atoms with Crippen molar-refractivity contribution in [2.75, 3.05) is 0 Å². The summed E-state index contributed by atoms with van der Waals surface area (Å²) in [4.78, 5) is 20.3. The monoisotopic (exact) mass is 766 g/mol. The highest BCUT2D eigenvalue weighted by Gasteiger charge is 2.22. The number of aromatic nitrogens is 2. The Bertz CT molecular complexity index is 1860. The number of aryl methyl sites for hydroxylation is 3. The van der Waals surface area contributed by atoms with Crippen molar-refractivity contribution >= 4 is 5.97 Å². The van der Waals surface area contributed by atoms with E-state index in [9.17, 15) is 22.4 Å². The van der Waals surface area contributed by atoms with Crippen LogP contribution in [0.4, 0.5) is 17.6 Å². The van der Waals surface area contributed by atoms with Crippen LogP contribution in [0.3, 0.4) is 0 Å². The molecule has 0 bridgehead atoms. The van der Waals surface area contributed by atoms with Gasteiger partial charge in [0.1, 0.15) is 17.4 Å². The zero-order chi connectivity index (χ0) is 40.0. The Morgan fingerprint density at radius 2 is 1.12 bits per heavy atom. The van der Waals surface area contributed by atoms with Crippen molar-refractivity contribution in [3.8, 4) is 28.3 Å². The Morgan fingerprint density at radius 3 is 1.66 bits per heavy atom. The highest BCUT2D eigenvalue weighted by molar-refractivity contribution is 5.72. The smallest absolute Gasteiger partial charge is 0.311 e. The minimum absolute atomic E-state index is 0.207. The Balaban J connectivity index is 0.000000161. The number of halogens is 4. The number of benzene rings is 4. The second-order valence-electron chi connectivity index (χ2n) is 15.8. The van der Waals surface area contributed by atoms with E-state index in [0.29, 0.717) is 29.5 Å². The SMILES string of the molecule is CC1CCC(CC(=O)Oc2ccc(F)cc2)CC1.Cc1cc(CCC2CCC(C)CC2)cc(F)c1F.Cc1cnc(-c2ccc(-c3ccc(F)cc3)cc2)nc1. The van der Waals surface area contributed by atoms with Gasteiger partial charge < -0.3 is 4.74 Å². The minimum atomic E-state index is -0.706. The molecular weight excluding hydrogens is 713 g/mol. The van der Waals surface area contributed by atoms with E-state index in [1.807, 2.05) is 31.2 Å². The lowest BCUT2D eigenvalue weighted by atomic mass is 9.80. The van der Waals surface area contributed by atoms with E-state index in [1.165, 1.54) is 81.0 Å². The number of carbonyl (C=O) groups is 1. The second kappa shape index (κ2) is 20.9. The van der Waals surface area contributed by atoms with Crippen molar-refractivity contribution in [3.05, 3.63) is 137 Å². The van der Waals surface area contributed by atoms with Gasteiger partial charge in [-0.05, 0) is 133 Å². The lowest BCUT2D eigenvalue weighted by Gasteiger charge is -2.26. The lowest BCUT2D eigenvalue weighted by Crippen LogP contribution is -2.18. The fourth-order valence-corrected chi connectivity index (χ4v) is 7.37. The van der Waals surface area contributed by atoms with E-state index in [4.69, 9.17) is 4.74 Å². The Morgan fingerprint density at radius 1 is 0.643 bits per heavy atom. The zero-order valence-electron chi connectivity index (χ0n) is 33.0. The predicted octanol–water partition coefficient (Wildman–Crippen LogP) is 13.2. The number of esters is 1. The molecule has 0 radical (unpaired) electrons. The predicted molar refractivity (Wildman–Crippen MR) is 216 cm³/mol. The molecule has 296 valence electrons. The average molecular weight is 767 g/mol. The summed E-state index contributed by atoms with van der Waals surface area (Å²) in [6.45, 7) is 8.16. The summed E-state index contributed by atoms with van der Waals surface area (Å²) < 4.78 is 57.2. The molecule has 0 saturated heterocycles. The highest BCUT2D eigenvalue weighted by atomic mass is 19.2. The van der Waals surface area contributed by atoms with E-state index >= 15 is 0 Å². The third-order valence-electron chi connectivity index (χ3n) is 11.0. The molecule has 2 fully saturated rings. The summed E-state index contributed by atoms with van der Waals surface area (Å²) in [6.07, 6.45) is 15.9. The molecule has 7 rings (SSSR count). The summed E-state index contributed by atoms with van der Waals surface area (Å²) >= 11 is 0. The number of rotatable bonds is 8. The van der Waals surface area contributed by atoms with Crippen LogP contribution in [0.1, 0.15) is 94.7 Å². The van der Waals surface area contributed by atoms with Crippen LogP contribution in [-0.4, -0.2) is 15.9 Å². The van der Waals surface area contributed by atoms with Crippen molar-refractivity contribution in [1.82, 2.24) is 9.97 Å². The lowest BCUT2D eigenvalue weighted by molar-refractivity contribution is -0.135. The maximum atomic E-state index is 13.3. The molecule has 5 aromatic rings. The van der Waals surface area contributed by atoms with Gasteiger partial charge in [0, 0.05) is 24.4 Å². The van der Waals surface area contributed by atoms with Crippen LogP contribution in [0.2, 0.25) is 0 Å². The van der Waals surface area contributed by atoms with Gasteiger partial charge in [0.25, 0.3) is 0 Å². The quantitative estimate of drug-likeness (QED) is 0.0896. The first kappa shape index (κ1) is 42.3. The molecule has 1 aromatic heterocycles. The number of ether oxygens (including phenoxy) is 1. The van der Waals surface area contributed by atoms with Gasteiger partial charge in [0.05, 0.1) is 0 Å². The van der Waals surface area contributed by atoms with Crippen molar-refractivity contribution in [2.45, 2.75) is 98.3 Å². The standard InChI is InChI=1S/C17H13FN2.C16H22F2.C15H19FO2/c1-12-10-19-17(20-11-12)15-4-2-13(3-5-15)14-6-8-16(18)9-7-14;1-11-3-5-13(6-4-11)7-8-14-9-12(2)16(18)15(17)10-14;1-11-2-4-12(5-3-11)10-15(17)18-14-8-6-13(16)7-9-14/h2-11H,1H3;9-11,13H,3-8H2,1-2H3;6-9,11-12H,2-5,10H2,1H3. The largest absolute Gasteiger partial charge is 0.427 e. The van der Waals surface area contributed by atoms with Gasteiger partial charge in [-0.15, -0.1) is 0 Å². The number of carbonyl (C=O) groups excluding carboxylic acids is 1. The second-order valence-corrected chi connectivity index (χ2v) is 15.8. The Hall–Kier alpha value is -4.85. The summed E-state index contributed by atoms with van der Waals surface area (Å²) in [5.41, 5.74) is 5.39. The number of hydrogen-bond donors (Lipinski definition) is 0. The maximum Gasteiger partial charge on any atom is 0.311 e. The molecule has 1 heterocycles. The maximum absolute atomic E-state index is 13.3. The molecule has 56 heavy (non-hydrogen) atoms. The van der Waals surface area contributed by atoms with Crippen molar-refractivity contribution in [1.29, 1.82) is 0 Å². The molecule has 8 heteroatoms. The van der Waals surface area contributed by atoms with Crippen LogP contribution in [-0.2, 0) is 11.2 Å². The summed E-state index contributed by atoms with van der Waals surface area (Å²) in [5.74, 6) is 1.85. The van der Waals surface area contributed by atoms with E-state index in [-0.39, 0.29) is 17.6 Å².